The maximum atomic E-state index is 5.33. The van der Waals surface area contributed by atoms with Crippen LogP contribution in [0.15, 0.2) is 41.1 Å². The first-order valence-electron chi connectivity index (χ1n) is 6.36. The van der Waals surface area contributed by atoms with E-state index in [1.807, 2.05) is 31.3 Å². The van der Waals surface area contributed by atoms with Crippen LogP contribution in [-0.2, 0) is 0 Å². The molecular formula is C15H13BrN4O. The van der Waals surface area contributed by atoms with Gasteiger partial charge in [-0.2, -0.15) is 0 Å². The SMILES string of the molecule is CNc1nc(-c2cccnc2)nc2cc(OC)c(Br)cc12. The topological polar surface area (TPSA) is 59.9 Å². The second-order valence-corrected chi connectivity index (χ2v) is 5.25. The Balaban J connectivity index is 2.27. The Bertz CT molecular complexity index is 793. The van der Waals surface area contributed by atoms with E-state index < -0.39 is 0 Å². The number of rotatable bonds is 3. The number of nitrogens with one attached hydrogen (secondary N) is 1. The first-order valence-corrected chi connectivity index (χ1v) is 7.15. The van der Waals surface area contributed by atoms with Crippen molar-refractivity contribution in [2.75, 3.05) is 19.5 Å². The van der Waals surface area contributed by atoms with Gasteiger partial charge < -0.3 is 10.1 Å². The van der Waals surface area contributed by atoms with Gasteiger partial charge in [-0.1, -0.05) is 0 Å². The molecule has 0 unspecified atom stereocenters. The number of hydrogen-bond acceptors (Lipinski definition) is 5. The highest BCUT2D eigenvalue weighted by Crippen LogP contribution is 2.33. The predicted octanol–water partition coefficient (Wildman–Crippen LogP) is 3.50. The summed E-state index contributed by atoms with van der Waals surface area (Å²) in [6.07, 6.45) is 3.47. The molecule has 0 atom stereocenters. The van der Waals surface area contributed by atoms with Crippen LogP contribution in [0.2, 0.25) is 0 Å². The maximum Gasteiger partial charge on any atom is 0.163 e. The molecule has 0 bridgehead atoms. The van der Waals surface area contributed by atoms with Crippen LogP contribution in [0.4, 0.5) is 5.82 Å². The van der Waals surface area contributed by atoms with Gasteiger partial charge in [-0.05, 0) is 34.1 Å². The fraction of sp³-hybridized carbons (Fsp3) is 0.133. The van der Waals surface area contributed by atoms with E-state index >= 15 is 0 Å². The van der Waals surface area contributed by atoms with Gasteiger partial charge in [0.25, 0.3) is 0 Å². The molecule has 0 aliphatic carbocycles. The number of pyridine rings is 1. The fourth-order valence-corrected chi connectivity index (χ4v) is 2.61. The maximum absolute atomic E-state index is 5.33. The van der Waals surface area contributed by atoms with E-state index in [0.717, 1.165) is 32.5 Å². The Morgan fingerprint density at radius 1 is 1.24 bits per heavy atom. The summed E-state index contributed by atoms with van der Waals surface area (Å²) in [4.78, 5) is 13.3. The molecule has 6 heteroatoms. The molecule has 5 nitrogen and oxygen atoms in total. The second kappa shape index (κ2) is 5.65. The molecule has 0 aliphatic rings. The third-order valence-corrected chi connectivity index (χ3v) is 3.75. The Hall–Kier alpha value is -2.21. The Morgan fingerprint density at radius 3 is 2.76 bits per heavy atom. The lowest BCUT2D eigenvalue weighted by molar-refractivity contribution is 0.412. The lowest BCUT2D eigenvalue weighted by Crippen LogP contribution is -1.99. The molecule has 0 aliphatic heterocycles. The number of hydrogen-bond donors (Lipinski definition) is 1. The molecular weight excluding hydrogens is 332 g/mol. The van der Waals surface area contributed by atoms with Crippen molar-refractivity contribution in [2.24, 2.45) is 0 Å². The molecule has 0 amide bonds. The number of methoxy groups -OCH3 is 1. The minimum Gasteiger partial charge on any atom is -0.495 e. The number of anilines is 1. The quantitative estimate of drug-likeness (QED) is 0.787. The van der Waals surface area contributed by atoms with Gasteiger partial charge in [-0.3, -0.25) is 4.98 Å². The smallest absolute Gasteiger partial charge is 0.163 e. The largest absolute Gasteiger partial charge is 0.495 e. The number of aromatic nitrogens is 3. The predicted molar refractivity (Wildman–Crippen MR) is 86.6 cm³/mol. The number of halogens is 1. The van der Waals surface area contributed by atoms with Crippen molar-refractivity contribution < 1.29 is 4.74 Å². The lowest BCUT2D eigenvalue weighted by Gasteiger charge is -2.10. The minimum absolute atomic E-state index is 0.629. The van der Waals surface area contributed by atoms with Crippen LogP contribution in [0.5, 0.6) is 5.75 Å². The summed E-state index contributed by atoms with van der Waals surface area (Å²) >= 11 is 3.49. The third kappa shape index (κ3) is 2.54. The van der Waals surface area contributed by atoms with Gasteiger partial charge in [0.2, 0.25) is 0 Å². The highest BCUT2D eigenvalue weighted by Gasteiger charge is 2.12. The van der Waals surface area contributed by atoms with Crippen molar-refractivity contribution in [1.82, 2.24) is 15.0 Å². The highest BCUT2D eigenvalue weighted by atomic mass is 79.9. The van der Waals surface area contributed by atoms with Gasteiger partial charge in [-0.15, -0.1) is 0 Å². The molecule has 106 valence electrons. The molecule has 2 heterocycles. The Kier molecular flexibility index (Phi) is 3.70. The molecule has 0 saturated heterocycles. The van der Waals surface area contributed by atoms with Crippen molar-refractivity contribution in [3.8, 4) is 17.1 Å². The molecule has 21 heavy (non-hydrogen) atoms. The van der Waals surface area contributed by atoms with Crippen molar-refractivity contribution in [3.63, 3.8) is 0 Å². The van der Waals surface area contributed by atoms with E-state index in [2.05, 4.69) is 36.2 Å². The van der Waals surface area contributed by atoms with Crippen LogP contribution in [0.25, 0.3) is 22.3 Å². The monoisotopic (exact) mass is 344 g/mol. The zero-order valence-electron chi connectivity index (χ0n) is 11.6. The van der Waals surface area contributed by atoms with E-state index in [1.54, 1.807) is 19.5 Å². The summed E-state index contributed by atoms with van der Waals surface area (Å²) in [5, 5.41) is 4.04. The third-order valence-electron chi connectivity index (χ3n) is 3.13. The van der Waals surface area contributed by atoms with E-state index in [9.17, 15) is 0 Å². The average molecular weight is 345 g/mol. The number of benzene rings is 1. The zero-order chi connectivity index (χ0) is 14.8. The Morgan fingerprint density at radius 2 is 2.10 bits per heavy atom. The summed E-state index contributed by atoms with van der Waals surface area (Å²) in [6.45, 7) is 0. The summed E-state index contributed by atoms with van der Waals surface area (Å²) in [5.74, 6) is 2.13. The molecule has 3 rings (SSSR count). The van der Waals surface area contributed by atoms with Crippen molar-refractivity contribution >= 4 is 32.7 Å². The molecule has 1 aromatic carbocycles. The van der Waals surface area contributed by atoms with Crippen molar-refractivity contribution in [1.29, 1.82) is 0 Å². The zero-order valence-corrected chi connectivity index (χ0v) is 13.2. The summed E-state index contributed by atoms with van der Waals surface area (Å²) in [6, 6.07) is 7.64. The minimum atomic E-state index is 0.629. The van der Waals surface area contributed by atoms with Gasteiger partial charge in [0.05, 0.1) is 17.1 Å². The lowest BCUT2D eigenvalue weighted by atomic mass is 10.2. The molecule has 0 radical (unpaired) electrons. The first-order chi connectivity index (χ1) is 10.2. The second-order valence-electron chi connectivity index (χ2n) is 4.39. The van der Waals surface area contributed by atoms with Crippen LogP contribution in [-0.4, -0.2) is 29.1 Å². The number of nitrogens with zero attached hydrogens (tertiary/aromatic N) is 3. The molecule has 3 aromatic rings. The van der Waals surface area contributed by atoms with Crippen LogP contribution < -0.4 is 10.1 Å². The standard InChI is InChI=1S/C15H13BrN4O/c1-17-15-10-6-11(16)13(21-2)7-12(10)19-14(20-15)9-4-3-5-18-8-9/h3-8H,1-2H3,(H,17,19,20). The van der Waals surface area contributed by atoms with Gasteiger partial charge in [0.15, 0.2) is 5.82 Å². The normalized spacial score (nSPS) is 10.6. The molecule has 1 N–H and O–H groups in total. The van der Waals surface area contributed by atoms with Crippen LogP contribution in [0.3, 0.4) is 0 Å². The van der Waals surface area contributed by atoms with Crippen molar-refractivity contribution in [3.05, 3.63) is 41.1 Å². The van der Waals surface area contributed by atoms with E-state index in [4.69, 9.17) is 4.74 Å². The first kappa shape index (κ1) is 13.8. The number of fused-ring (bicyclic) bond motifs is 1. The molecule has 0 fully saturated rings. The highest BCUT2D eigenvalue weighted by molar-refractivity contribution is 9.10. The fourth-order valence-electron chi connectivity index (χ4n) is 2.10. The van der Waals surface area contributed by atoms with E-state index in [1.165, 1.54) is 0 Å². The van der Waals surface area contributed by atoms with Gasteiger partial charge >= 0.3 is 0 Å². The summed E-state index contributed by atoms with van der Waals surface area (Å²) in [7, 11) is 3.47. The van der Waals surface area contributed by atoms with Crippen LogP contribution >= 0.6 is 15.9 Å². The Labute approximate surface area is 130 Å². The van der Waals surface area contributed by atoms with Crippen LogP contribution in [0, 0.1) is 0 Å². The summed E-state index contributed by atoms with van der Waals surface area (Å²) < 4.78 is 6.20. The van der Waals surface area contributed by atoms with Crippen LogP contribution in [0.1, 0.15) is 0 Å². The average Bonchev–Trinajstić information content (AvgIpc) is 2.54. The molecule has 0 saturated carbocycles. The van der Waals surface area contributed by atoms with E-state index in [0.29, 0.717) is 5.82 Å². The van der Waals surface area contributed by atoms with Gasteiger partial charge in [0, 0.05) is 36.5 Å². The number of ether oxygens (including phenoxy) is 1. The molecule has 2 aromatic heterocycles. The summed E-state index contributed by atoms with van der Waals surface area (Å²) in [5.41, 5.74) is 1.69. The van der Waals surface area contributed by atoms with Crippen molar-refractivity contribution in [2.45, 2.75) is 0 Å². The van der Waals surface area contributed by atoms with Gasteiger partial charge in [0.1, 0.15) is 11.6 Å². The van der Waals surface area contributed by atoms with E-state index in [-0.39, 0.29) is 0 Å². The molecule has 0 spiro atoms. The van der Waals surface area contributed by atoms with Gasteiger partial charge in [-0.25, -0.2) is 9.97 Å².